The van der Waals surface area contributed by atoms with E-state index in [1.165, 1.54) is 11.3 Å². The number of hydrogen-bond donors (Lipinski definition) is 0. The van der Waals surface area contributed by atoms with Crippen molar-refractivity contribution in [3.63, 3.8) is 0 Å². The van der Waals surface area contributed by atoms with Crippen molar-refractivity contribution in [2.24, 2.45) is 0 Å². The number of nitriles is 2. The Morgan fingerprint density at radius 2 is 1.64 bits per heavy atom. The Kier molecular flexibility index (Phi) is 5.55. The number of aromatic nitrogens is 1. The van der Waals surface area contributed by atoms with Crippen LogP contribution in [-0.2, 0) is 0 Å². The lowest BCUT2D eigenvalue weighted by molar-refractivity contribution is 0.251. The fourth-order valence-corrected chi connectivity index (χ4v) is 4.57. The van der Waals surface area contributed by atoms with Crippen LogP contribution in [-0.4, -0.2) is 4.98 Å². The number of benzene rings is 4. The van der Waals surface area contributed by atoms with E-state index in [2.05, 4.69) is 35.3 Å². The molecule has 0 saturated heterocycles. The molecule has 0 N–H and O–H groups in total. The molecule has 0 fully saturated rings. The Hall–Kier alpha value is -4.45. The maximum absolute atomic E-state index is 9.83. The van der Waals surface area contributed by atoms with Crippen LogP contribution in [0.5, 0.6) is 5.75 Å². The molecule has 4 aromatic carbocycles. The molecular formula is C28H17N3OS. The molecule has 0 aliphatic carbocycles. The molecule has 4 nitrogen and oxygen atoms in total. The highest BCUT2D eigenvalue weighted by Crippen LogP contribution is 2.36. The Balaban J connectivity index is 1.63. The number of ether oxygens (including phenoxy) is 1. The van der Waals surface area contributed by atoms with Gasteiger partial charge in [0.05, 0.1) is 33.7 Å². The van der Waals surface area contributed by atoms with Crippen LogP contribution < -0.4 is 4.74 Å². The minimum atomic E-state index is -0.396. The van der Waals surface area contributed by atoms with Crippen LogP contribution in [0, 0.1) is 22.7 Å². The Labute approximate surface area is 195 Å². The van der Waals surface area contributed by atoms with Gasteiger partial charge in [-0.25, -0.2) is 0 Å². The summed E-state index contributed by atoms with van der Waals surface area (Å²) >= 11 is 1.51. The number of nitrogens with zero attached hydrogens (tertiary/aromatic N) is 3. The second-order valence-electron chi connectivity index (χ2n) is 7.48. The summed E-state index contributed by atoms with van der Waals surface area (Å²) in [6, 6.07) is 31.6. The van der Waals surface area contributed by atoms with Crippen molar-refractivity contribution in [2.75, 3.05) is 0 Å². The number of thiazole rings is 1. The van der Waals surface area contributed by atoms with Gasteiger partial charge < -0.3 is 4.74 Å². The van der Waals surface area contributed by atoms with E-state index >= 15 is 0 Å². The van der Waals surface area contributed by atoms with Gasteiger partial charge in [0.25, 0.3) is 0 Å². The van der Waals surface area contributed by atoms with E-state index < -0.39 is 6.10 Å². The molecule has 33 heavy (non-hydrogen) atoms. The molecule has 0 saturated carbocycles. The first-order valence-corrected chi connectivity index (χ1v) is 11.2. The van der Waals surface area contributed by atoms with Gasteiger partial charge in [-0.05, 0) is 58.3 Å². The standard InChI is InChI=1S/C28H17N3OS/c29-15-19-8-12-23(13-9-19)32-28(27-17-31-18-33-27)21-10-11-22(16-30)26(14-21)25-7-3-5-20-4-1-2-6-24(20)25/h1-14,17-18,28H. The molecule has 0 bridgehead atoms. The first-order chi connectivity index (χ1) is 16.3. The monoisotopic (exact) mass is 443 g/mol. The van der Waals surface area contributed by atoms with E-state index in [1.807, 2.05) is 42.5 Å². The van der Waals surface area contributed by atoms with E-state index in [1.54, 1.807) is 36.0 Å². The van der Waals surface area contributed by atoms with Gasteiger partial charge in [-0.1, -0.05) is 48.5 Å². The third-order valence-corrected chi connectivity index (χ3v) is 6.31. The van der Waals surface area contributed by atoms with Crippen LogP contribution in [0.15, 0.2) is 96.6 Å². The molecule has 1 atom stereocenters. The smallest absolute Gasteiger partial charge is 0.160 e. The fourth-order valence-electron chi connectivity index (χ4n) is 3.90. The van der Waals surface area contributed by atoms with E-state index in [9.17, 15) is 5.26 Å². The molecule has 0 amide bonds. The summed E-state index contributed by atoms with van der Waals surface area (Å²) in [7, 11) is 0. The minimum Gasteiger partial charge on any atom is -0.480 e. The normalized spacial score (nSPS) is 11.5. The third-order valence-electron chi connectivity index (χ3n) is 5.49. The zero-order chi connectivity index (χ0) is 22.6. The molecule has 0 radical (unpaired) electrons. The van der Waals surface area contributed by atoms with Gasteiger partial charge in [0, 0.05) is 11.8 Å². The average molecular weight is 444 g/mol. The molecule has 5 aromatic rings. The van der Waals surface area contributed by atoms with Crippen LogP contribution in [0.2, 0.25) is 0 Å². The van der Waals surface area contributed by atoms with Gasteiger partial charge >= 0.3 is 0 Å². The van der Waals surface area contributed by atoms with Crippen molar-refractivity contribution in [1.29, 1.82) is 10.5 Å². The summed E-state index contributed by atoms with van der Waals surface area (Å²) in [6.45, 7) is 0. The molecule has 156 valence electrons. The highest BCUT2D eigenvalue weighted by atomic mass is 32.1. The summed E-state index contributed by atoms with van der Waals surface area (Å²) in [4.78, 5) is 5.19. The lowest BCUT2D eigenvalue weighted by Crippen LogP contribution is -2.08. The zero-order valence-corrected chi connectivity index (χ0v) is 18.3. The summed E-state index contributed by atoms with van der Waals surface area (Å²) in [5.41, 5.74) is 5.76. The molecule has 5 heteroatoms. The molecule has 5 rings (SSSR count). The van der Waals surface area contributed by atoms with Crippen LogP contribution in [0.25, 0.3) is 21.9 Å². The van der Waals surface area contributed by atoms with E-state index in [0.717, 1.165) is 32.3 Å². The second-order valence-corrected chi connectivity index (χ2v) is 8.40. The van der Waals surface area contributed by atoms with Crippen molar-refractivity contribution in [2.45, 2.75) is 6.10 Å². The molecule has 1 aromatic heterocycles. The largest absolute Gasteiger partial charge is 0.480 e. The maximum atomic E-state index is 9.83. The van der Waals surface area contributed by atoms with E-state index in [0.29, 0.717) is 16.9 Å². The summed E-state index contributed by atoms with van der Waals surface area (Å²) < 4.78 is 6.37. The number of rotatable bonds is 5. The van der Waals surface area contributed by atoms with Crippen molar-refractivity contribution >= 4 is 22.1 Å². The summed E-state index contributed by atoms with van der Waals surface area (Å²) in [5, 5.41) is 21.1. The lowest BCUT2D eigenvalue weighted by Gasteiger charge is -2.20. The second kappa shape index (κ2) is 8.96. The van der Waals surface area contributed by atoms with Gasteiger partial charge in [-0.15, -0.1) is 11.3 Å². The van der Waals surface area contributed by atoms with Crippen LogP contribution in [0.4, 0.5) is 0 Å². The Bertz CT molecular complexity index is 1500. The predicted molar refractivity (Wildman–Crippen MR) is 130 cm³/mol. The Morgan fingerprint density at radius 3 is 2.39 bits per heavy atom. The summed E-state index contributed by atoms with van der Waals surface area (Å²) in [5.74, 6) is 0.656. The van der Waals surface area contributed by atoms with E-state index in [-0.39, 0.29) is 0 Å². The van der Waals surface area contributed by atoms with Crippen molar-refractivity contribution in [3.8, 4) is 29.0 Å². The van der Waals surface area contributed by atoms with Gasteiger partial charge in [0.1, 0.15) is 5.75 Å². The number of hydrogen-bond acceptors (Lipinski definition) is 5. The quantitative estimate of drug-likeness (QED) is 0.297. The van der Waals surface area contributed by atoms with Gasteiger partial charge in [0.2, 0.25) is 0 Å². The molecular weight excluding hydrogens is 426 g/mol. The molecule has 0 aliphatic heterocycles. The molecule has 1 unspecified atom stereocenters. The fraction of sp³-hybridized carbons (Fsp3) is 0.0357. The number of fused-ring (bicyclic) bond motifs is 1. The third kappa shape index (κ3) is 4.06. The maximum Gasteiger partial charge on any atom is 0.160 e. The van der Waals surface area contributed by atoms with Crippen molar-refractivity contribution in [3.05, 3.63) is 118 Å². The Morgan fingerprint density at radius 1 is 0.818 bits per heavy atom. The van der Waals surface area contributed by atoms with Crippen molar-refractivity contribution in [1.82, 2.24) is 4.98 Å². The highest BCUT2D eigenvalue weighted by molar-refractivity contribution is 7.09. The molecule has 1 heterocycles. The van der Waals surface area contributed by atoms with Crippen molar-refractivity contribution < 1.29 is 4.74 Å². The average Bonchev–Trinajstić information content (AvgIpc) is 3.42. The first kappa shape index (κ1) is 20.5. The van der Waals surface area contributed by atoms with Gasteiger partial charge in [-0.2, -0.15) is 10.5 Å². The first-order valence-electron chi connectivity index (χ1n) is 10.3. The predicted octanol–water partition coefficient (Wildman–Crippen LogP) is 6.88. The topological polar surface area (TPSA) is 69.7 Å². The minimum absolute atomic E-state index is 0.396. The van der Waals surface area contributed by atoms with Crippen LogP contribution in [0.1, 0.15) is 27.7 Å². The molecule has 0 aliphatic rings. The van der Waals surface area contributed by atoms with Crippen LogP contribution >= 0.6 is 11.3 Å². The van der Waals surface area contributed by atoms with Gasteiger partial charge in [0.15, 0.2) is 6.10 Å². The molecule has 0 spiro atoms. The lowest BCUT2D eigenvalue weighted by atomic mass is 9.92. The SMILES string of the molecule is N#Cc1ccc(OC(c2ccc(C#N)c(-c3cccc4ccccc34)c2)c2cncs2)cc1. The van der Waals surface area contributed by atoms with Gasteiger partial charge in [-0.3, -0.25) is 4.98 Å². The van der Waals surface area contributed by atoms with Crippen LogP contribution in [0.3, 0.4) is 0 Å². The summed E-state index contributed by atoms with van der Waals surface area (Å²) in [6.07, 6.45) is 1.40. The van der Waals surface area contributed by atoms with E-state index in [4.69, 9.17) is 10.00 Å². The highest BCUT2D eigenvalue weighted by Gasteiger charge is 2.20. The zero-order valence-electron chi connectivity index (χ0n) is 17.5.